The maximum Gasteiger partial charge on any atom is 0.258 e. The minimum absolute atomic E-state index is 0.0243. The molecule has 3 nitrogen and oxygen atoms in total. The summed E-state index contributed by atoms with van der Waals surface area (Å²) in [6.45, 7) is 1.30. The highest BCUT2D eigenvalue weighted by Crippen LogP contribution is 2.26. The fraction of sp³-hybridized carbons (Fsp3) is 0.533. The van der Waals surface area contributed by atoms with E-state index < -0.39 is 41.5 Å². The van der Waals surface area contributed by atoms with Gasteiger partial charge in [0.1, 0.15) is 0 Å². The monoisotopic (exact) mass is 319 g/mol. The maximum absolute atomic E-state index is 13.4. The van der Waals surface area contributed by atoms with Crippen LogP contribution in [0.3, 0.4) is 0 Å². The van der Waals surface area contributed by atoms with Crippen molar-refractivity contribution in [2.75, 3.05) is 6.61 Å². The van der Waals surface area contributed by atoms with Gasteiger partial charge in [0.05, 0.1) is 0 Å². The second kappa shape index (κ2) is 6.98. The molecule has 0 aromatic heterocycles. The summed E-state index contributed by atoms with van der Waals surface area (Å²) in [6, 6.07) is 0.0604. The molecule has 2 rings (SSSR count). The molecule has 1 aliphatic carbocycles. The van der Waals surface area contributed by atoms with Crippen molar-refractivity contribution in [3.05, 3.63) is 29.3 Å². The van der Waals surface area contributed by atoms with Gasteiger partial charge in [0.2, 0.25) is 11.6 Å². The lowest BCUT2D eigenvalue weighted by atomic mass is 9.86. The standard InChI is InChI=1S/C15H17F4NO2/c1-8-4-2-3-5-11(8)20-12(21)7-22-15-13(18)9(16)6-10(17)14(15)19/h6,8,11H,2-5,7H2,1H3,(H,20,21)/t8-,11-/m1/s1. The Labute approximate surface area is 125 Å². The number of hydrogen-bond donors (Lipinski definition) is 1. The van der Waals surface area contributed by atoms with Crippen LogP contribution in [0.2, 0.25) is 0 Å². The summed E-state index contributed by atoms with van der Waals surface area (Å²) < 4.78 is 57.4. The highest BCUT2D eigenvalue weighted by atomic mass is 19.2. The van der Waals surface area contributed by atoms with E-state index in [-0.39, 0.29) is 12.1 Å². The molecule has 1 N–H and O–H groups in total. The number of nitrogens with one attached hydrogen (secondary N) is 1. The van der Waals surface area contributed by atoms with Crippen LogP contribution in [0.4, 0.5) is 17.6 Å². The predicted octanol–water partition coefficient (Wildman–Crippen LogP) is 3.32. The lowest BCUT2D eigenvalue weighted by molar-refractivity contribution is -0.124. The van der Waals surface area contributed by atoms with Crippen LogP contribution in [0, 0.1) is 29.2 Å². The molecule has 1 aromatic carbocycles. The second-order valence-corrected chi connectivity index (χ2v) is 5.52. The minimum Gasteiger partial charge on any atom is -0.477 e. The second-order valence-electron chi connectivity index (χ2n) is 5.52. The summed E-state index contributed by atoms with van der Waals surface area (Å²) in [6.07, 6.45) is 3.91. The number of carbonyl (C=O) groups is 1. The van der Waals surface area contributed by atoms with E-state index in [0.29, 0.717) is 5.92 Å². The first-order valence-corrected chi connectivity index (χ1v) is 7.15. The van der Waals surface area contributed by atoms with Crippen molar-refractivity contribution >= 4 is 5.91 Å². The molecule has 2 atom stereocenters. The summed E-state index contributed by atoms with van der Waals surface area (Å²) >= 11 is 0. The van der Waals surface area contributed by atoms with Crippen LogP contribution >= 0.6 is 0 Å². The van der Waals surface area contributed by atoms with Crippen molar-refractivity contribution in [1.29, 1.82) is 0 Å². The molecule has 0 saturated heterocycles. The van der Waals surface area contributed by atoms with Crippen LogP contribution < -0.4 is 10.1 Å². The van der Waals surface area contributed by atoms with Gasteiger partial charge in [-0.1, -0.05) is 19.8 Å². The van der Waals surface area contributed by atoms with Crippen LogP contribution in [0.15, 0.2) is 6.07 Å². The SMILES string of the molecule is C[C@@H]1CCCC[C@H]1NC(=O)COc1c(F)c(F)cc(F)c1F. The molecule has 1 saturated carbocycles. The van der Waals surface area contributed by atoms with E-state index in [1.54, 1.807) is 0 Å². The average molecular weight is 319 g/mol. The number of halogens is 4. The van der Waals surface area contributed by atoms with Gasteiger partial charge in [-0.2, -0.15) is 8.78 Å². The third-order valence-corrected chi connectivity index (χ3v) is 3.88. The van der Waals surface area contributed by atoms with Crippen molar-refractivity contribution in [1.82, 2.24) is 5.32 Å². The zero-order chi connectivity index (χ0) is 16.3. The smallest absolute Gasteiger partial charge is 0.258 e. The molecule has 7 heteroatoms. The van der Waals surface area contributed by atoms with Gasteiger partial charge in [0.25, 0.3) is 5.91 Å². The minimum atomic E-state index is -1.65. The van der Waals surface area contributed by atoms with E-state index >= 15 is 0 Å². The van der Waals surface area contributed by atoms with Crippen LogP contribution in [0.5, 0.6) is 5.75 Å². The summed E-state index contributed by atoms with van der Waals surface area (Å²) in [5.41, 5.74) is 0. The highest BCUT2D eigenvalue weighted by Gasteiger charge is 2.24. The first kappa shape index (κ1) is 16.6. The van der Waals surface area contributed by atoms with Crippen molar-refractivity contribution in [2.45, 2.75) is 38.6 Å². The Hall–Kier alpha value is -1.79. The van der Waals surface area contributed by atoms with Gasteiger partial charge in [-0.3, -0.25) is 4.79 Å². The molecular formula is C15H17F4NO2. The number of benzene rings is 1. The van der Waals surface area contributed by atoms with Crippen LogP contribution in [0.25, 0.3) is 0 Å². The Kier molecular flexibility index (Phi) is 5.26. The van der Waals surface area contributed by atoms with Gasteiger partial charge in [0, 0.05) is 12.1 Å². The molecule has 22 heavy (non-hydrogen) atoms. The first-order valence-electron chi connectivity index (χ1n) is 7.15. The summed E-state index contributed by atoms with van der Waals surface area (Å²) in [4.78, 5) is 11.8. The Morgan fingerprint density at radius 2 is 1.77 bits per heavy atom. The molecule has 0 aliphatic heterocycles. The first-order chi connectivity index (χ1) is 10.4. The molecule has 122 valence electrons. The van der Waals surface area contributed by atoms with Crippen molar-refractivity contribution in [3.8, 4) is 5.75 Å². The van der Waals surface area contributed by atoms with Crippen molar-refractivity contribution in [2.24, 2.45) is 5.92 Å². The van der Waals surface area contributed by atoms with Gasteiger partial charge in [0.15, 0.2) is 24.0 Å². The van der Waals surface area contributed by atoms with E-state index in [1.807, 2.05) is 6.92 Å². The fourth-order valence-corrected chi connectivity index (χ4v) is 2.59. The Balaban J connectivity index is 1.97. The molecule has 1 aliphatic rings. The Morgan fingerprint density at radius 1 is 1.18 bits per heavy atom. The molecule has 1 fully saturated rings. The zero-order valence-electron chi connectivity index (χ0n) is 12.1. The zero-order valence-corrected chi connectivity index (χ0v) is 12.1. The normalized spacial score (nSPS) is 21.5. The highest BCUT2D eigenvalue weighted by molar-refractivity contribution is 5.77. The maximum atomic E-state index is 13.4. The number of amides is 1. The fourth-order valence-electron chi connectivity index (χ4n) is 2.59. The molecular weight excluding hydrogens is 302 g/mol. The largest absolute Gasteiger partial charge is 0.477 e. The average Bonchev–Trinajstić information content (AvgIpc) is 2.47. The van der Waals surface area contributed by atoms with Gasteiger partial charge in [-0.05, 0) is 18.8 Å². The van der Waals surface area contributed by atoms with Crippen LogP contribution in [-0.2, 0) is 4.79 Å². The summed E-state index contributed by atoms with van der Waals surface area (Å²) in [7, 11) is 0. The molecule has 0 radical (unpaired) electrons. The van der Waals surface area contributed by atoms with Crippen LogP contribution in [-0.4, -0.2) is 18.6 Å². The van der Waals surface area contributed by atoms with E-state index in [4.69, 9.17) is 0 Å². The summed E-state index contributed by atoms with van der Waals surface area (Å²) in [5.74, 6) is -7.95. The van der Waals surface area contributed by atoms with Crippen LogP contribution in [0.1, 0.15) is 32.6 Å². The van der Waals surface area contributed by atoms with E-state index in [1.165, 1.54) is 0 Å². The van der Waals surface area contributed by atoms with Gasteiger partial charge >= 0.3 is 0 Å². The molecule has 0 unspecified atom stereocenters. The predicted molar refractivity (Wildman–Crippen MR) is 71.3 cm³/mol. The lowest BCUT2D eigenvalue weighted by Crippen LogP contribution is -2.43. The van der Waals surface area contributed by atoms with Crippen molar-refractivity contribution < 1.29 is 27.1 Å². The topological polar surface area (TPSA) is 38.3 Å². The van der Waals surface area contributed by atoms with Gasteiger partial charge < -0.3 is 10.1 Å². The quantitative estimate of drug-likeness (QED) is 0.683. The van der Waals surface area contributed by atoms with Gasteiger partial charge in [-0.15, -0.1) is 0 Å². The Morgan fingerprint density at radius 3 is 2.36 bits per heavy atom. The molecule has 1 amide bonds. The molecule has 0 bridgehead atoms. The lowest BCUT2D eigenvalue weighted by Gasteiger charge is -2.29. The van der Waals surface area contributed by atoms with Gasteiger partial charge in [-0.25, -0.2) is 8.78 Å². The molecule has 0 spiro atoms. The molecule has 0 heterocycles. The molecule has 1 aromatic rings. The number of hydrogen-bond acceptors (Lipinski definition) is 2. The number of carbonyl (C=O) groups excluding carboxylic acids is 1. The Bertz CT molecular complexity index is 539. The third kappa shape index (κ3) is 3.69. The number of ether oxygens (including phenoxy) is 1. The number of rotatable bonds is 4. The van der Waals surface area contributed by atoms with E-state index in [0.717, 1.165) is 25.7 Å². The third-order valence-electron chi connectivity index (χ3n) is 3.88. The van der Waals surface area contributed by atoms with E-state index in [2.05, 4.69) is 10.1 Å². The summed E-state index contributed by atoms with van der Waals surface area (Å²) in [5, 5.41) is 2.71. The van der Waals surface area contributed by atoms with Crippen molar-refractivity contribution in [3.63, 3.8) is 0 Å². The van der Waals surface area contributed by atoms with E-state index in [9.17, 15) is 22.4 Å².